The maximum atomic E-state index is 5.74. The lowest BCUT2D eigenvalue weighted by molar-refractivity contribution is 0.373. The van der Waals surface area contributed by atoms with Gasteiger partial charge in [0, 0.05) is 17.8 Å². The van der Waals surface area contributed by atoms with Crippen LogP contribution in [0.3, 0.4) is 0 Å². The Balaban J connectivity index is 2.00. The molecule has 3 nitrogen and oxygen atoms in total. The van der Waals surface area contributed by atoms with E-state index in [1.807, 2.05) is 6.07 Å². The van der Waals surface area contributed by atoms with Crippen molar-refractivity contribution in [2.75, 3.05) is 12.4 Å². The van der Waals surface area contributed by atoms with Gasteiger partial charge in [-0.25, -0.2) is 0 Å². The van der Waals surface area contributed by atoms with Crippen LogP contribution in [-0.4, -0.2) is 19.2 Å². The van der Waals surface area contributed by atoms with Gasteiger partial charge in [0.25, 0.3) is 0 Å². The fourth-order valence-electron chi connectivity index (χ4n) is 1.98. The second-order valence-electron chi connectivity index (χ2n) is 4.26. The highest BCUT2D eigenvalue weighted by molar-refractivity contribution is 5.51. The van der Waals surface area contributed by atoms with Gasteiger partial charge in [-0.05, 0) is 43.5 Å². The van der Waals surface area contributed by atoms with E-state index < -0.39 is 0 Å². The van der Waals surface area contributed by atoms with Crippen LogP contribution in [0.15, 0.2) is 18.2 Å². The Morgan fingerprint density at radius 2 is 2.13 bits per heavy atom. The van der Waals surface area contributed by atoms with Crippen molar-refractivity contribution in [3.63, 3.8) is 0 Å². The van der Waals surface area contributed by atoms with E-state index in [9.17, 15) is 0 Å². The Kier molecular flexibility index (Phi) is 2.82. The Morgan fingerprint density at radius 3 is 2.67 bits per heavy atom. The minimum absolute atomic E-state index is 0.391. The Labute approximate surface area is 90.6 Å². The van der Waals surface area contributed by atoms with E-state index in [0.29, 0.717) is 12.1 Å². The number of nitrogens with one attached hydrogen (secondary N) is 1. The minimum Gasteiger partial charge on any atom is -0.496 e. The fraction of sp³-hybridized carbons (Fsp3) is 0.500. The summed E-state index contributed by atoms with van der Waals surface area (Å²) in [5.74, 6) is 0.936. The van der Waals surface area contributed by atoms with Gasteiger partial charge in [0.05, 0.1) is 7.11 Å². The van der Waals surface area contributed by atoms with Gasteiger partial charge in [0.1, 0.15) is 5.75 Å². The highest BCUT2D eigenvalue weighted by Crippen LogP contribution is 2.26. The van der Waals surface area contributed by atoms with Crippen LogP contribution in [0.2, 0.25) is 0 Å². The summed E-state index contributed by atoms with van der Waals surface area (Å²) in [6, 6.07) is 7.10. The number of ether oxygens (including phenoxy) is 1. The third kappa shape index (κ3) is 2.23. The van der Waals surface area contributed by atoms with Crippen molar-refractivity contribution in [1.29, 1.82) is 0 Å². The smallest absolute Gasteiger partial charge is 0.121 e. The molecule has 1 aliphatic carbocycles. The molecule has 1 fully saturated rings. The summed E-state index contributed by atoms with van der Waals surface area (Å²) in [6.45, 7) is 2.05. The fourth-order valence-corrected chi connectivity index (χ4v) is 1.98. The Hall–Kier alpha value is -1.22. The zero-order valence-electron chi connectivity index (χ0n) is 9.29. The van der Waals surface area contributed by atoms with Gasteiger partial charge in [-0.2, -0.15) is 0 Å². The van der Waals surface area contributed by atoms with Crippen LogP contribution in [0.4, 0.5) is 5.69 Å². The summed E-state index contributed by atoms with van der Waals surface area (Å²) < 4.78 is 5.21. The molecule has 0 radical (unpaired) electrons. The standard InChI is InChI=1S/C12H18N2O/c1-8-5-10(3-4-12(8)15-2)14-11-6-9(13)7-11/h3-5,9,11,14H,6-7,13H2,1-2H3. The number of rotatable bonds is 3. The van der Waals surface area contributed by atoms with Crippen molar-refractivity contribution < 1.29 is 4.74 Å². The van der Waals surface area contributed by atoms with Crippen LogP contribution in [0.25, 0.3) is 0 Å². The van der Waals surface area contributed by atoms with Gasteiger partial charge in [0.2, 0.25) is 0 Å². The molecule has 1 aliphatic rings. The van der Waals surface area contributed by atoms with Crippen molar-refractivity contribution in [1.82, 2.24) is 0 Å². The van der Waals surface area contributed by atoms with E-state index in [-0.39, 0.29) is 0 Å². The average Bonchev–Trinajstić information content (AvgIpc) is 2.16. The topological polar surface area (TPSA) is 47.3 Å². The zero-order valence-corrected chi connectivity index (χ0v) is 9.29. The number of benzene rings is 1. The molecule has 0 atom stereocenters. The number of aryl methyl sites for hydroxylation is 1. The van der Waals surface area contributed by atoms with E-state index >= 15 is 0 Å². The lowest BCUT2D eigenvalue weighted by atomic mass is 9.87. The molecule has 0 spiro atoms. The summed E-state index contributed by atoms with van der Waals surface area (Å²) in [5, 5.41) is 3.47. The zero-order chi connectivity index (χ0) is 10.8. The number of methoxy groups -OCH3 is 1. The third-order valence-corrected chi connectivity index (χ3v) is 2.94. The van der Waals surface area contributed by atoms with Crippen molar-refractivity contribution in [3.05, 3.63) is 23.8 Å². The molecule has 15 heavy (non-hydrogen) atoms. The molecule has 3 heteroatoms. The second-order valence-corrected chi connectivity index (χ2v) is 4.26. The maximum Gasteiger partial charge on any atom is 0.121 e. The van der Waals surface area contributed by atoms with Crippen molar-refractivity contribution in [2.24, 2.45) is 5.73 Å². The van der Waals surface area contributed by atoms with E-state index in [1.54, 1.807) is 7.11 Å². The lowest BCUT2D eigenvalue weighted by Crippen LogP contribution is -2.44. The van der Waals surface area contributed by atoms with Gasteiger partial charge in [-0.15, -0.1) is 0 Å². The highest BCUT2D eigenvalue weighted by Gasteiger charge is 2.25. The van der Waals surface area contributed by atoms with Crippen LogP contribution in [0, 0.1) is 6.92 Å². The van der Waals surface area contributed by atoms with Crippen LogP contribution in [0.1, 0.15) is 18.4 Å². The highest BCUT2D eigenvalue weighted by atomic mass is 16.5. The molecule has 0 saturated heterocycles. The van der Waals surface area contributed by atoms with Gasteiger partial charge >= 0.3 is 0 Å². The van der Waals surface area contributed by atoms with E-state index in [4.69, 9.17) is 10.5 Å². The van der Waals surface area contributed by atoms with Gasteiger partial charge in [-0.3, -0.25) is 0 Å². The second kappa shape index (κ2) is 4.11. The summed E-state index contributed by atoms with van der Waals surface area (Å²) >= 11 is 0. The predicted octanol–water partition coefficient (Wildman–Crippen LogP) is 1.91. The number of hydrogen-bond donors (Lipinski definition) is 2. The first kappa shape index (κ1) is 10.3. The quantitative estimate of drug-likeness (QED) is 0.794. The first-order valence-electron chi connectivity index (χ1n) is 5.36. The molecular weight excluding hydrogens is 188 g/mol. The SMILES string of the molecule is COc1ccc(NC2CC(N)C2)cc1C. The van der Waals surface area contributed by atoms with Gasteiger partial charge in [0.15, 0.2) is 0 Å². The van der Waals surface area contributed by atoms with Crippen molar-refractivity contribution in [3.8, 4) is 5.75 Å². The summed E-state index contributed by atoms with van der Waals surface area (Å²) in [7, 11) is 1.69. The summed E-state index contributed by atoms with van der Waals surface area (Å²) in [4.78, 5) is 0. The minimum atomic E-state index is 0.391. The number of anilines is 1. The predicted molar refractivity (Wildman–Crippen MR) is 62.4 cm³/mol. The molecule has 0 amide bonds. The van der Waals surface area contributed by atoms with E-state index in [2.05, 4.69) is 24.4 Å². The van der Waals surface area contributed by atoms with E-state index in [1.165, 1.54) is 0 Å². The molecule has 0 aliphatic heterocycles. The molecule has 2 rings (SSSR count). The number of hydrogen-bond acceptors (Lipinski definition) is 3. The monoisotopic (exact) mass is 206 g/mol. The Bertz CT molecular complexity index is 345. The molecule has 82 valence electrons. The molecule has 1 saturated carbocycles. The molecule has 3 N–H and O–H groups in total. The van der Waals surface area contributed by atoms with Crippen molar-refractivity contribution in [2.45, 2.75) is 31.8 Å². The molecule has 0 unspecified atom stereocenters. The summed E-state index contributed by atoms with van der Waals surface area (Å²) in [6.07, 6.45) is 2.15. The first-order valence-corrected chi connectivity index (χ1v) is 5.36. The lowest BCUT2D eigenvalue weighted by Gasteiger charge is -2.33. The van der Waals surface area contributed by atoms with E-state index in [0.717, 1.165) is 29.8 Å². The summed E-state index contributed by atoms with van der Waals surface area (Å²) in [5.41, 5.74) is 8.05. The van der Waals surface area contributed by atoms with Crippen LogP contribution >= 0.6 is 0 Å². The Morgan fingerprint density at radius 1 is 1.40 bits per heavy atom. The van der Waals surface area contributed by atoms with Crippen LogP contribution in [-0.2, 0) is 0 Å². The molecule has 0 bridgehead atoms. The molecule has 1 aromatic rings. The first-order chi connectivity index (χ1) is 7.19. The van der Waals surface area contributed by atoms with Crippen LogP contribution < -0.4 is 15.8 Å². The van der Waals surface area contributed by atoms with Gasteiger partial charge in [-0.1, -0.05) is 0 Å². The van der Waals surface area contributed by atoms with Crippen molar-refractivity contribution >= 4 is 5.69 Å². The molecule has 0 heterocycles. The number of nitrogens with two attached hydrogens (primary N) is 1. The normalized spacial score (nSPS) is 24.5. The third-order valence-electron chi connectivity index (χ3n) is 2.94. The largest absolute Gasteiger partial charge is 0.496 e. The molecular formula is C12H18N2O. The van der Waals surface area contributed by atoms with Gasteiger partial charge < -0.3 is 15.8 Å². The molecule has 0 aromatic heterocycles. The maximum absolute atomic E-state index is 5.74. The molecule has 1 aromatic carbocycles. The average molecular weight is 206 g/mol. The van der Waals surface area contributed by atoms with Crippen LogP contribution in [0.5, 0.6) is 5.75 Å².